The van der Waals surface area contributed by atoms with Gasteiger partial charge in [-0.05, 0) is 43.9 Å². The van der Waals surface area contributed by atoms with E-state index in [0.29, 0.717) is 30.1 Å². The number of carbonyl (C=O) groups is 2. The Morgan fingerprint density at radius 2 is 1.91 bits per heavy atom. The highest BCUT2D eigenvalue weighted by Gasteiger charge is 2.40. The van der Waals surface area contributed by atoms with Gasteiger partial charge in [0, 0.05) is 23.7 Å². The molecule has 0 N–H and O–H groups in total. The highest BCUT2D eigenvalue weighted by molar-refractivity contribution is 6.31. The minimum Gasteiger partial charge on any atom is -0.327 e. The van der Waals surface area contributed by atoms with Crippen LogP contribution in [0.15, 0.2) is 24.3 Å². The lowest BCUT2D eigenvalue weighted by molar-refractivity contribution is -0.135. The van der Waals surface area contributed by atoms with Gasteiger partial charge in [-0.2, -0.15) is 5.26 Å². The van der Waals surface area contributed by atoms with Gasteiger partial charge in [0.1, 0.15) is 12.1 Å². The highest BCUT2D eigenvalue weighted by Crippen LogP contribution is 2.26. The zero-order valence-electron chi connectivity index (χ0n) is 12.7. The van der Waals surface area contributed by atoms with Gasteiger partial charge in [-0.3, -0.25) is 9.59 Å². The largest absolute Gasteiger partial charge is 0.327 e. The molecular weight excluding hydrogens is 314 g/mol. The molecular formula is C17H18ClN3O2. The molecule has 23 heavy (non-hydrogen) atoms. The fraction of sp³-hybridized carbons (Fsp3) is 0.471. The van der Waals surface area contributed by atoms with E-state index in [4.69, 9.17) is 11.6 Å². The Balaban J connectivity index is 1.79. The first-order valence-corrected chi connectivity index (χ1v) is 8.26. The average molecular weight is 332 g/mol. The first-order valence-electron chi connectivity index (χ1n) is 7.88. The Morgan fingerprint density at radius 1 is 1.17 bits per heavy atom. The first-order chi connectivity index (χ1) is 11.1. The summed E-state index contributed by atoms with van der Waals surface area (Å²) in [7, 11) is 0. The monoisotopic (exact) mass is 331 g/mol. The molecule has 2 aliphatic rings. The molecule has 2 atom stereocenters. The molecule has 3 rings (SSSR count). The van der Waals surface area contributed by atoms with Crippen molar-refractivity contribution in [3.8, 4) is 6.07 Å². The van der Waals surface area contributed by atoms with Crippen LogP contribution in [0.3, 0.4) is 0 Å². The van der Waals surface area contributed by atoms with Crippen molar-refractivity contribution < 1.29 is 9.59 Å². The maximum absolute atomic E-state index is 12.8. The summed E-state index contributed by atoms with van der Waals surface area (Å²) >= 11 is 5.95. The molecule has 2 aliphatic heterocycles. The van der Waals surface area contributed by atoms with E-state index in [1.54, 1.807) is 34.1 Å². The summed E-state index contributed by atoms with van der Waals surface area (Å²) in [5, 5.41) is 9.67. The van der Waals surface area contributed by atoms with Crippen LogP contribution >= 0.6 is 11.6 Å². The lowest BCUT2D eigenvalue weighted by Gasteiger charge is -2.29. The lowest BCUT2D eigenvalue weighted by Crippen LogP contribution is -2.49. The van der Waals surface area contributed by atoms with E-state index >= 15 is 0 Å². The third-order valence-electron chi connectivity index (χ3n) is 4.56. The number of benzene rings is 1. The zero-order chi connectivity index (χ0) is 16.4. The van der Waals surface area contributed by atoms with Crippen LogP contribution in [0.25, 0.3) is 0 Å². The second kappa shape index (κ2) is 6.59. The predicted molar refractivity (Wildman–Crippen MR) is 85.9 cm³/mol. The number of likely N-dealkylation sites (tertiary alicyclic amines) is 2. The van der Waals surface area contributed by atoms with Gasteiger partial charge in [0.15, 0.2) is 0 Å². The fourth-order valence-corrected chi connectivity index (χ4v) is 3.60. The summed E-state index contributed by atoms with van der Waals surface area (Å²) in [5.41, 5.74) is 0.496. The van der Waals surface area contributed by atoms with E-state index < -0.39 is 6.04 Å². The van der Waals surface area contributed by atoms with Crippen molar-refractivity contribution in [3.63, 3.8) is 0 Å². The molecule has 120 valence electrons. The molecule has 1 unspecified atom stereocenters. The molecule has 2 saturated heterocycles. The Bertz CT molecular complexity index is 670. The number of halogens is 1. The van der Waals surface area contributed by atoms with Crippen molar-refractivity contribution in [1.29, 1.82) is 5.26 Å². The molecule has 1 aromatic rings. The molecule has 0 saturated carbocycles. The van der Waals surface area contributed by atoms with Gasteiger partial charge in [0.2, 0.25) is 5.91 Å². The summed E-state index contributed by atoms with van der Waals surface area (Å²) in [6.07, 6.45) is 3.02. The van der Waals surface area contributed by atoms with Crippen molar-refractivity contribution in [2.24, 2.45) is 0 Å². The van der Waals surface area contributed by atoms with Crippen LogP contribution in [0.2, 0.25) is 5.02 Å². The smallest absolute Gasteiger partial charge is 0.254 e. The van der Waals surface area contributed by atoms with Crippen LogP contribution in [0, 0.1) is 11.3 Å². The second-order valence-electron chi connectivity index (χ2n) is 5.99. The standard InChI is InChI=1S/C17H18ClN3O2/c18-13-5-1-4-12(10-13)16(22)21-9-3-7-15(21)17(23)20-8-2-6-14(20)11-19/h1,4-5,10,14-15H,2-3,6-9H2/t14?,15-/m0/s1. The Morgan fingerprint density at radius 3 is 2.65 bits per heavy atom. The summed E-state index contributed by atoms with van der Waals surface area (Å²) in [6, 6.07) is 8.15. The molecule has 0 radical (unpaired) electrons. The van der Waals surface area contributed by atoms with E-state index in [1.165, 1.54) is 0 Å². The molecule has 0 bridgehead atoms. The van der Waals surface area contributed by atoms with Gasteiger partial charge in [-0.15, -0.1) is 0 Å². The van der Waals surface area contributed by atoms with Gasteiger partial charge < -0.3 is 9.80 Å². The maximum Gasteiger partial charge on any atom is 0.254 e. The molecule has 1 aromatic carbocycles. The Labute approximate surface area is 140 Å². The van der Waals surface area contributed by atoms with E-state index in [0.717, 1.165) is 19.3 Å². The lowest BCUT2D eigenvalue weighted by atomic mass is 10.1. The number of hydrogen-bond donors (Lipinski definition) is 0. The van der Waals surface area contributed by atoms with Gasteiger partial charge in [0.05, 0.1) is 6.07 Å². The Hall–Kier alpha value is -2.06. The third-order valence-corrected chi connectivity index (χ3v) is 4.79. The van der Waals surface area contributed by atoms with Gasteiger partial charge in [-0.1, -0.05) is 17.7 Å². The molecule has 2 fully saturated rings. The van der Waals surface area contributed by atoms with Gasteiger partial charge in [-0.25, -0.2) is 0 Å². The molecule has 2 amide bonds. The first kappa shape index (κ1) is 15.8. The van der Waals surface area contributed by atoms with E-state index in [2.05, 4.69) is 6.07 Å². The normalized spacial score (nSPS) is 23.8. The van der Waals surface area contributed by atoms with Gasteiger partial charge in [0.25, 0.3) is 5.91 Å². The molecule has 2 heterocycles. The van der Waals surface area contributed by atoms with Crippen LogP contribution in [-0.2, 0) is 4.79 Å². The van der Waals surface area contributed by atoms with Crippen molar-refractivity contribution in [1.82, 2.24) is 9.80 Å². The quantitative estimate of drug-likeness (QED) is 0.836. The maximum atomic E-state index is 12.8. The fourth-order valence-electron chi connectivity index (χ4n) is 3.41. The SMILES string of the molecule is N#CC1CCCN1C(=O)[C@@H]1CCCN1C(=O)c1cccc(Cl)c1. The summed E-state index contributed by atoms with van der Waals surface area (Å²) in [4.78, 5) is 28.8. The molecule has 0 aliphatic carbocycles. The van der Waals surface area contributed by atoms with Gasteiger partial charge >= 0.3 is 0 Å². The summed E-state index contributed by atoms with van der Waals surface area (Å²) in [5.74, 6) is -0.266. The molecule has 0 aromatic heterocycles. The minimum absolute atomic E-state index is 0.0954. The van der Waals surface area contributed by atoms with Crippen molar-refractivity contribution in [2.75, 3.05) is 13.1 Å². The molecule has 0 spiro atoms. The number of rotatable bonds is 2. The van der Waals surface area contributed by atoms with Crippen molar-refractivity contribution in [2.45, 2.75) is 37.8 Å². The highest BCUT2D eigenvalue weighted by atomic mass is 35.5. The number of amides is 2. The van der Waals surface area contributed by atoms with Crippen LogP contribution in [0.1, 0.15) is 36.0 Å². The minimum atomic E-state index is -0.463. The number of carbonyl (C=O) groups excluding carboxylic acids is 2. The molecule has 5 nitrogen and oxygen atoms in total. The van der Waals surface area contributed by atoms with Crippen LogP contribution in [-0.4, -0.2) is 46.8 Å². The topological polar surface area (TPSA) is 64.4 Å². The van der Waals surface area contributed by atoms with E-state index in [-0.39, 0.29) is 17.9 Å². The van der Waals surface area contributed by atoms with E-state index in [9.17, 15) is 14.9 Å². The van der Waals surface area contributed by atoms with Crippen LogP contribution in [0.4, 0.5) is 0 Å². The number of nitriles is 1. The second-order valence-corrected chi connectivity index (χ2v) is 6.42. The summed E-state index contributed by atoms with van der Waals surface area (Å²) < 4.78 is 0. The van der Waals surface area contributed by atoms with Crippen LogP contribution < -0.4 is 0 Å². The third kappa shape index (κ3) is 3.04. The van der Waals surface area contributed by atoms with Crippen LogP contribution in [0.5, 0.6) is 0 Å². The van der Waals surface area contributed by atoms with Crippen molar-refractivity contribution in [3.05, 3.63) is 34.9 Å². The van der Waals surface area contributed by atoms with Crippen molar-refractivity contribution >= 4 is 23.4 Å². The predicted octanol–water partition coefficient (Wildman–Crippen LogP) is 2.46. The Kier molecular flexibility index (Phi) is 4.53. The number of nitrogens with zero attached hydrogens (tertiary/aromatic N) is 3. The molecule has 6 heteroatoms. The van der Waals surface area contributed by atoms with E-state index in [1.807, 2.05) is 0 Å². The number of hydrogen-bond acceptors (Lipinski definition) is 3. The average Bonchev–Trinajstić information content (AvgIpc) is 3.22. The zero-order valence-corrected chi connectivity index (χ0v) is 13.5. The summed E-state index contributed by atoms with van der Waals surface area (Å²) in [6.45, 7) is 1.17.